The first-order valence-corrected chi connectivity index (χ1v) is 7.13. The van der Waals surface area contributed by atoms with Crippen molar-refractivity contribution in [2.75, 3.05) is 13.2 Å². The minimum atomic E-state index is -0.124. The molecule has 110 valence electrons. The topological polar surface area (TPSA) is 56.5 Å². The molecule has 0 spiro atoms. The Morgan fingerprint density at radius 1 is 1.00 bits per heavy atom. The van der Waals surface area contributed by atoms with Crippen LogP contribution in [0.4, 0.5) is 0 Å². The van der Waals surface area contributed by atoms with Crippen LogP contribution in [0.1, 0.15) is 28.3 Å². The molecule has 0 saturated heterocycles. The van der Waals surface area contributed by atoms with Crippen LogP contribution in [-0.2, 0) is 0 Å². The maximum atomic E-state index is 5.84. The molecule has 1 unspecified atom stereocenters. The Kier molecular flexibility index (Phi) is 3.82. The molecule has 0 aromatic heterocycles. The van der Waals surface area contributed by atoms with E-state index in [1.165, 1.54) is 11.1 Å². The first-order chi connectivity index (χ1) is 10.2. The smallest absolute Gasteiger partial charge is 0.166 e. The van der Waals surface area contributed by atoms with Crippen LogP contribution in [0, 0.1) is 13.8 Å². The van der Waals surface area contributed by atoms with Crippen molar-refractivity contribution in [3.63, 3.8) is 0 Å². The van der Waals surface area contributed by atoms with Gasteiger partial charge in [-0.05, 0) is 36.6 Å². The van der Waals surface area contributed by atoms with Crippen molar-refractivity contribution in [1.82, 2.24) is 5.43 Å². The van der Waals surface area contributed by atoms with Gasteiger partial charge in [-0.3, -0.25) is 5.84 Å². The monoisotopic (exact) mass is 284 g/mol. The Balaban J connectivity index is 2.11. The fraction of sp³-hybridized carbons (Fsp3) is 0.294. The average molecular weight is 284 g/mol. The lowest BCUT2D eigenvalue weighted by molar-refractivity contribution is 0.169. The molecule has 3 rings (SSSR count). The van der Waals surface area contributed by atoms with Crippen LogP contribution in [0.25, 0.3) is 0 Å². The Bertz CT molecular complexity index is 655. The summed E-state index contributed by atoms with van der Waals surface area (Å²) in [6.07, 6.45) is 0. The Morgan fingerprint density at radius 3 is 2.52 bits per heavy atom. The van der Waals surface area contributed by atoms with Crippen LogP contribution in [0.2, 0.25) is 0 Å². The molecule has 0 aliphatic carbocycles. The SMILES string of the molecule is Cc1cccc(C(NN)c2cccc3c2OCCO3)c1C. The van der Waals surface area contributed by atoms with Gasteiger partial charge in [0.15, 0.2) is 11.5 Å². The molecular weight excluding hydrogens is 264 g/mol. The van der Waals surface area contributed by atoms with Crippen molar-refractivity contribution in [2.45, 2.75) is 19.9 Å². The quantitative estimate of drug-likeness (QED) is 0.672. The van der Waals surface area contributed by atoms with E-state index in [-0.39, 0.29) is 6.04 Å². The van der Waals surface area contributed by atoms with Crippen LogP contribution in [0.15, 0.2) is 36.4 Å². The summed E-state index contributed by atoms with van der Waals surface area (Å²) in [6, 6.07) is 12.0. The lowest BCUT2D eigenvalue weighted by Crippen LogP contribution is -2.30. The lowest BCUT2D eigenvalue weighted by Gasteiger charge is -2.26. The van der Waals surface area contributed by atoms with Gasteiger partial charge in [0.25, 0.3) is 0 Å². The number of ether oxygens (including phenoxy) is 2. The van der Waals surface area contributed by atoms with Crippen molar-refractivity contribution in [1.29, 1.82) is 0 Å². The number of rotatable bonds is 3. The summed E-state index contributed by atoms with van der Waals surface area (Å²) in [4.78, 5) is 0. The number of hydrogen-bond donors (Lipinski definition) is 2. The second-order valence-electron chi connectivity index (χ2n) is 5.26. The van der Waals surface area contributed by atoms with Gasteiger partial charge < -0.3 is 9.47 Å². The molecule has 4 nitrogen and oxygen atoms in total. The molecular formula is C17H20N2O2. The predicted molar refractivity (Wildman–Crippen MR) is 82.5 cm³/mol. The van der Waals surface area contributed by atoms with E-state index in [9.17, 15) is 0 Å². The number of benzene rings is 2. The van der Waals surface area contributed by atoms with E-state index in [0.29, 0.717) is 13.2 Å². The number of hydrogen-bond acceptors (Lipinski definition) is 4. The standard InChI is InChI=1S/C17H20N2O2/c1-11-5-3-6-13(12(11)2)16(19-18)14-7-4-8-15-17(14)21-10-9-20-15/h3-8,16,19H,9-10,18H2,1-2H3. The first-order valence-electron chi connectivity index (χ1n) is 7.13. The van der Waals surface area contributed by atoms with Crippen LogP contribution in [0.5, 0.6) is 11.5 Å². The number of hydrazine groups is 1. The molecule has 0 bridgehead atoms. The van der Waals surface area contributed by atoms with E-state index in [1.807, 2.05) is 18.2 Å². The molecule has 1 aliphatic rings. The molecule has 0 radical (unpaired) electrons. The van der Waals surface area contributed by atoms with Crippen molar-refractivity contribution < 1.29 is 9.47 Å². The Morgan fingerprint density at radius 2 is 1.71 bits per heavy atom. The van der Waals surface area contributed by atoms with Crippen LogP contribution in [0.3, 0.4) is 0 Å². The molecule has 2 aromatic rings. The van der Waals surface area contributed by atoms with Gasteiger partial charge >= 0.3 is 0 Å². The maximum absolute atomic E-state index is 5.84. The zero-order chi connectivity index (χ0) is 14.8. The third-order valence-electron chi connectivity index (χ3n) is 4.03. The minimum absolute atomic E-state index is 0.124. The highest BCUT2D eigenvalue weighted by atomic mass is 16.6. The maximum Gasteiger partial charge on any atom is 0.166 e. The number of fused-ring (bicyclic) bond motifs is 1. The largest absolute Gasteiger partial charge is 0.486 e. The normalized spacial score (nSPS) is 14.8. The fourth-order valence-corrected chi connectivity index (χ4v) is 2.76. The van der Waals surface area contributed by atoms with Crippen molar-refractivity contribution >= 4 is 0 Å². The van der Waals surface area contributed by atoms with Crippen molar-refractivity contribution in [3.05, 3.63) is 58.7 Å². The zero-order valence-electron chi connectivity index (χ0n) is 12.3. The summed E-state index contributed by atoms with van der Waals surface area (Å²) in [5.41, 5.74) is 7.55. The fourth-order valence-electron chi connectivity index (χ4n) is 2.76. The highest BCUT2D eigenvalue weighted by Gasteiger charge is 2.23. The van der Waals surface area contributed by atoms with Gasteiger partial charge in [-0.2, -0.15) is 0 Å². The van der Waals surface area contributed by atoms with Crippen LogP contribution < -0.4 is 20.7 Å². The van der Waals surface area contributed by atoms with Gasteiger partial charge in [0, 0.05) is 5.56 Å². The summed E-state index contributed by atoms with van der Waals surface area (Å²) < 4.78 is 11.5. The van der Waals surface area contributed by atoms with Gasteiger partial charge in [-0.15, -0.1) is 0 Å². The van der Waals surface area contributed by atoms with Crippen LogP contribution >= 0.6 is 0 Å². The van der Waals surface area contributed by atoms with E-state index < -0.39 is 0 Å². The van der Waals surface area contributed by atoms with E-state index in [4.69, 9.17) is 15.3 Å². The summed E-state index contributed by atoms with van der Waals surface area (Å²) in [6.45, 7) is 5.36. The van der Waals surface area contributed by atoms with Gasteiger partial charge in [-0.1, -0.05) is 30.3 Å². The van der Waals surface area contributed by atoms with E-state index in [0.717, 1.165) is 22.6 Å². The second kappa shape index (κ2) is 5.76. The molecule has 2 aromatic carbocycles. The number of para-hydroxylation sites is 1. The summed E-state index contributed by atoms with van der Waals surface area (Å²) in [5.74, 6) is 7.41. The molecule has 0 fully saturated rings. The number of aryl methyl sites for hydroxylation is 1. The lowest BCUT2D eigenvalue weighted by atomic mass is 9.92. The number of nitrogens with two attached hydrogens (primary N) is 1. The Hall–Kier alpha value is -2.04. The zero-order valence-corrected chi connectivity index (χ0v) is 12.3. The first kappa shape index (κ1) is 13.9. The number of nitrogens with one attached hydrogen (secondary N) is 1. The van der Waals surface area contributed by atoms with Crippen molar-refractivity contribution in [2.24, 2.45) is 5.84 Å². The summed E-state index contributed by atoms with van der Waals surface area (Å²) in [5, 5.41) is 0. The summed E-state index contributed by atoms with van der Waals surface area (Å²) in [7, 11) is 0. The molecule has 1 atom stereocenters. The molecule has 3 N–H and O–H groups in total. The third kappa shape index (κ3) is 2.48. The predicted octanol–water partition coefficient (Wildman–Crippen LogP) is 2.63. The van der Waals surface area contributed by atoms with E-state index >= 15 is 0 Å². The van der Waals surface area contributed by atoms with E-state index in [1.54, 1.807) is 0 Å². The molecule has 1 aliphatic heterocycles. The van der Waals surface area contributed by atoms with Crippen molar-refractivity contribution in [3.8, 4) is 11.5 Å². The second-order valence-corrected chi connectivity index (χ2v) is 5.26. The molecule has 21 heavy (non-hydrogen) atoms. The molecule has 1 heterocycles. The molecule has 4 heteroatoms. The highest BCUT2D eigenvalue weighted by molar-refractivity contribution is 5.52. The van der Waals surface area contributed by atoms with Gasteiger partial charge in [0.05, 0.1) is 6.04 Å². The molecule has 0 saturated carbocycles. The average Bonchev–Trinajstić information content (AvgIpc) is 2.52. The van der Waals surface area contributed by atoms with E-state index in [2.05, 4.69) is 37.5 Å². The Labute approximate surface area is 124 Å². The highest BCUT2D eigenvalue weighted by Crippen LogP contribution is 2.39. The minimum Gasteiger partial charge on any atom is -0.486 e. The van der Waals surface area contributed by atoms with Crippen LogP contribution in [-0.4, -0.2) is 13.2 Å². The van der Waals surface area contributed by atoms with Gasteiger partial charge in [0.2, 0.25) is 0 Å². The van der Waals surface area contributed by atoms with Gasteiger partial charge in [0.1, 0.15) is 13.2 Å². The summed E-state index contributed by atoms with van der Waals surface area (Å²) >= 11 is 0. The third-order valence-corrected chi connectivity index (χ3v) is 4.03. The van der Waals surface area contributed by atoms with Gasteiger partial charge in [-0.25, -0.2) is 5.43 Å². The molecule has 0 amide bonds.